The first-order valence-corrected chi connectivity index (χ1v) is 7.94. The topological polar surface area (TPSA) is 61.4 Å². The van der Waals surface area contributed by atoms with Gasteiger partial charge in [-0.25, -0.2) is 4.79 Å². The number of carbonyl (C=O) groups excluding carboxylic acids is 2. The number of nitrogens with zero attached hydrogens (tertiary/aromatic N) is 1. The second kappa shape index (κ2) is 6.57. The Labute approximate surface area is 121 Å². The van der Waals surface area contributed by atoms with E-state index in [2.05, 4.69) is 24.5 Å². The van der Waals surface area contributed by atoms with Gasteiger partial charge in [-0.1, -0.05) is 13.8 Å². The predicted molar refractivity (Wildman–Crippen MR) is 78.4 cm³/mol. The first-order chi connectivity index (χ1) is 9.59. The third-order valence-corrected chi connectivity index (χ3v) is 4.54. The summed E-state index contributed by atoms with van der Waals surface area (Å²) in [7, 11) is 0. The van der Waals surface area contributed by atoms with E-state index in [1.807, 2.05) is 0 Å². The largest absolute Gasteiger partial charge is 0.325 e. The standard InChI is InChI=1S/C15H27N3O2/c1-3-9-16-10-4-11-18-13(19)15(17-14(18)20)7-5-12(2)6-8-15/h12,16H,3-11H2,1-2H3,(H,17,20). The molecule has 5 heteroatoms. The third-order valence-electron chi connectivity index (χ3n) is 4.54. The fraction of sp³-hybridized carbons (Fsp3) is 0.867. The Kier molecular flexibility index (Phi) is 5.02. The first kappa shape index (κ1) is 15.3. The zero-order valence-corrected chi connectivity index (χ0v) is 12.7. The maximum atomic E-state index is 12.5. The fourth-order valence-corrected chi connectivity index (χ4v) is 3.14. The molecule has 114 valence electrons. The molecule has 0 aromatic rings. The Bertz CT molecular complexity index is 362. The van der Waals surface area contributed by atoms with Gasteiger partial charge in [0.05, 0.1) is 0 Å². The minimum Gasteiger partial charge on any atom is -0.323 e. The molecule has 0 aromatic heterocycles. The number of imide groups is 1. The molecule has 1 aliphatic heterocycles. The van der Waals surface area contributed by atoms with Crippen LogP contribution in [0.25, 0.3) is 0 Å². The van der Waals surface area contributed by atoms with E-state index >= 15 is 0 Å². The van der Waals surface area contributed by atoms with Crippen LogP contribution in [0.1, 0.15) is 52.4 Å². The van der Waals surface area contributed by atoms with Crippen molar-refractivity contribution in [1.29, 1.82) is 0 Å². The molecule has 2 N–H and O–H groups in total. The molecule has 1 saturated heterocycles. The van der Waals surface area contributed by atoms with Gasteiger partial charge < -0.3 is 10.6 Å². The molecule has 0 bridgehead atoms. The summed E-state index contributed by atoms with van der Waals surface area (Å²) in [6.45, 7) is 6.71. The second-order valence-corrected chi connectivity index (χ2v) is 6.26. The summed E-state index contributed by atoms with van der Waals surface area (Å²) in [5.74, 6) is 0.669. The van der Waals surface area contributed by atoms with Crippen LogP contribution < -0.4 is 10.6 Å². The zero-order chi connectivity index (χ0) is 14.6. The van der Waals surface area contributed by atoms with Crippen molar-refractivity contribution >= 4 is 11.9 Å². The Balaban J connectivity index is 1.85. The molecule has 3 amide bonds. The molecule has 2 rings (SSSR count). The lowest BCUT2D eigenvalue weighted by Gasteiger charge is -2.33. The number of hydrogen-bond acceptors (Lipinski definition) is 3. The van der Waals surface area contributed by atoms with Crippen molar-refractivity contribution in [3.8, 4) is 0 Å². The molecule has 1 heterocycles. The molecular weight excluding hydrogens is 254 g/mol. The van der Waals surface area contributed by atoms with Gasteiger partial charge in [-0.3, -0.25) is 9.69 Å². The van der Waals surface area contributed by atoms with Gasteiger partial charge in [-0.2, -0.15) is 0 Å². The highest BCUT2D eigenvalue weighted by atomic mass is 16.2. The van der Waals surface area contributed by atoms with Gasteiger partial charge >= 0.3 is 6.03 Å². The van der Waals surface area contributed by atoms with Crippen molar-refractivity contribution in [2.24, 2.45) is 5.92 Å². The highest BCUT2D eigenvalue weighted by Crippen LogP contribution is 2.36. The number of nitrogens with one attached hydrogen (secondary N) is 2. The average molecular weight is 281 g/mol. The number of rotatable bonds is 6. The highest BCUT2D eigenvalue weighted by Gasteiger charge is 2.51. The van der Waals surface area contributed by atoms with Gasteiger partial charge in [-0.15, -0.1) is 0 Å². The van der Waals surface area contributed by atoms with Crippen LogP contribution in [0.4, 0.5) is 4.79 Å². The van der Waals surface area contributed by atoms with Crippen LogP contribution in [-0.4, -0.2) is 42.0 Å². The van der Waals surface area contributed by atoms with E-state index in [9.17, 15) is 9.59 Å². The van der Waals surface area contributed by atoms with Crippen molar-refractivity contribution in [2.75, 3.05) is 19.6 Å². The molecule has 1 spiro atoms. The van der Waals surface area contributed by atoms with E-state index in [0.717, 1.165) is 51.6 Å². The van der Waals surface area contributed by atoms with Crippen LogP contribution in [0.15, 0.2) is 0 Å². The Morgan fingerprint density at radius 3 is 2.65 bits per heavy atom. The normalized spacial score (nSPS) is 30.1. The molecule has 1 saturated carbocycles. The first-order valence-electron chi connectivity index (χ1n) is 7.94. The lowest BCUT2D eigenvalue weighted by atomic mass is 9.77. The highest BCUT2D eigenvalue weighted by molar-refractivity contribution is 6.07. The molecular formula is C15H27N3O2. The molecule has 0 radical (unpaired) electrons. The van der Waals surface area contributed by atoms with Crippen LogP contribution >= 0.6 is 0 Å². The van der Waals surface area contributed by atoms with Crippen molar-refractivity contribution in [3.63, 3.8) is 0 Å². The van der Waals surface area contributed by atoms with Gasteiger partial charge in [0.1, 0.15) is 5.54 Å². The molecule has 2 fully saturated rings. The van der Waals surface area contributed by atoms with Crippen LogP contribution in [-0.2, 0) is 4.79 Å². The van der Waals surface area contributed by atoms with E-state index in [4.69, 9.17) is 0 Å². The van der Waals surface area contributed by atoms with Crippen molar-refractivity contribution < 1.29 is 9.59 Å². The minimum absolute atomic E-state index is 0.00453. The van der Waals surface area contributed by atoms with E-state index < -0.39 is 5.54 Å². The lowest BCUT2D eigenvalue weighted by molar-refractivity contribution is -0.132. The van der Waals surface area contributed by atoms with Crippen molar-refractivity contribution in [2.45, 2.75) is 57.9 Å². The number of amides is 3. The Morgan fingerprint density at radius 1 is 1.30 bits per heavy atom. The van der Waals surface area contributed by atoms with Gasteiger partial charge in [0.15, 0.2) is 0 Å². The van der Waals surface area contributed by atoms with Crippen LogP contribution in [0.3, 0.4) is 0 Å². The van der Waals surface area contributed by atoms with Gasteiger partial charge in [-0.05, 0) is 57.5 Å². The molecule has 1 aliphatic carbocycles. The van der Waals surface area contributed by atoms with Gasteiger partial charge in [0.25, 0.3) is 5.91 Å². The van der Waals surface area contributed by atoms with E-state index in [1.54, 1.807) is 0 Å². The molecule has 2 aliphatic rings. The summed E-state index contributed by atoms with van der Waals surface area (Å²) >= 11 is 0. The maximum Gasteiger partial charge on any atom is 0.325 e. The van der Waals surface area contributed by atoms with Crippen LogP contribution in [0.5, 0.6) is 0 Å². The molecule has 0 atom stereocenters. The fourth-order valence-electron chi connectivity index (χ4n) is 3.14. The van der Waals surface area contributed by atoms with Gasteiger partial charge in [0.2, 0.25) is 0 Å². The van der Waals surface area contributed by atoms with E-state index in [0.29, 0.717) is 12.5 Å². The monoisotopic (exact) mass is 281 g/mol. The molecule has 5 nitrogen and oxygen atoms in total. The third kappa shape index (κ3) is 3.14. The van der Waals surface area contributed by atoms with E-state index in [1.165, 1.54) is 4.90 Å². The summed E-state index contributed by atoms with van der Waals surface area (Å²) in [5.41, 5.74) is -0.583. The zero-order valence-electron chi connectivity index (χ0n) is 12.7. The van der Waals surface area contributed by atoms with Crippen molar-refractivity contribution in [1.82, 2.24) is 15.5 Å². The maximum absolute atomic E-state index is 12.5. The Hall–Kier alpha value is -1.10. The molecule has 0 unspecified atom stereocenters. The van der Waals surface area contributed by atoms with Gasteiger partial charge in [0, 0.05) is 6.54 Å². The quantitative estimate of drug-likeness (QED) is 0.577. The summed E-state index contributed by atoms with van der Waals surface area (Å²) < 4.78 is 0. The summed E-state index contributed by atoms with van der Waals surface area (Å²) in [6, 6.07) is -0.194. The van der Waals surface area contributed by atoms with E-state index in [-0.39, 0.29) is 11.9 Å². The number of hydrogen-bond donors (Lipinski definition) is 2. The van der Waals surface area contributed by atoms with Crippen molar-refractivity contribution in [3.05, 3.63) is 0 Å². The molecule has 20 heavy (non-hydrogen) atoms. The smallest absolute Gasteiger partial charge is 0.323 e. The Morgan fingerprint density at radius 2 is 2.00 bits per heavy atom. The van der Waals surface area contributed by atoms with Crippen LogP contribution in [0, 0.1) is 5.92 Å². The summed E-state index contributed by atoms with van der Waals surface area (Å²) in [5, 5.41) is 6.25. The average Bonchev–Trinajstić information content (AvgIpc) is 2.66. The summed E-state index contributed by atoms with van der Waals surface area (Å²) in [6.07, 6.45) is 5.57. The SMILES string of the molecule is CCCNCCCN1C(=O)NC2(CCC(C)CC2)C1=O. The molecule has 0 aromatic carbocycles. The van der Waals surface area contributed by atoms with Crippen LogP contribution in [0.2, 0.25) is 0 Å². The number of urea groups is 1. The minimum atomic E-state index is -0.583. The predicted octanol–water partition coefficient (Wildman–Crippen LogP) is 1.88. The summed E-state index contributed by atoms with van der Waals surface area (Å²) in [4.78, 5) is 26.0. The lowest BCUT2D eigenvalue weighted by Crippen LogP contribution is -2.49. The number of carbonyl (C=O) groups is 2. The second-order valence-electron chi connectivity index (χ2n) is 6.26.